The number of aliphatic carboxylic acids is 1. The Morgan fingerprint density at radius 2 is 1.58 bits per heavy atom. The van der Waals surface area contributed by atoms with Gasteiger partial charge in [-0.15, -0.1) is 0 Å². The van der Waals surface area contributed by atoms with Crippen LogP contribution in [0.2, 0.25) is 0 Å². The number of H-pyrrole nitrogens is 1. The van der Waals surface area contributed by atoms with Gasteiger partial charge in [0.15, 0.2) is 0 Å². The van der Waals surface area contributed by atoms with Crippen molar-refractivity contribution in [1.29, 1.82) is 0 Å². The standard InChI is InChI=1S/C40H52N6O7/c1-23-7-3-5-9-32(23)44-39(51)41-14-13-25(21-43-38(50)24(2)31-22-42-33-10-6-4-8-30(31)33)20-34(45-35(47)11-12-36(48)49)46-40(52)53-37-28-16-26-15-27(18-28)19-29(37)17-26/h3-10,22,24-29,34,37,42H,11-21H2,1-2H3,(H,43,50)(H,45,47)(H,46,52)(H,48,49)(H2,41,44,51). The zero-order chi connectivity index (χ0) is 37.5. The quantitative estimate of drug-likeness (QED) is 0.0911. The number of urea groups is 1. The lowest BCUT2D eigenvalue weighted by Crippen LogP contribution is -2.54. The summed E-state index contributed by atoms with van der Waals surface area (Å²) in [5.41, 5.74) is 3.40. The third-order valence-electron chi connectivity index (χ3n) is 11.4. The van der Waals surface area contributed by atoms with E-state index in [0.29, 0.717) is 35.8 Å². The maximum atomic E-state index is 13.5. The molecule has 0 aliphatic heterocycles. The Morgan fingerprint density at radius 3 is 2.30 bits per heavy atom. The number of aryl methyl sites for hydroxylation is 1. The summed E-state index contributed by atoms with van der Waals surface area (Å²) < 4.78 is 6.07. The van der Waals surface area contributed by atoms with Crippen LogP contribution in [-0.2, 0) is 19.1 Å². The van der Waals surface area contributed by atoms with E-state index in [9.17, 15) is 24.0 Å². The molecule has 1 heterocycles. The van der Waals surface area contributed by atoms with E-state index in [-0.39, 0.29) is 56.3 Å². The molecular weight excluding hydrogens is 676 g/mol. The molecule has 53 heavy (non-hydrogen) atoms. The number of aromatic amines is 1. The third-order valence-corrected chi connectivity index (χ3v) is 11.4. The molecule has 284 valence electrons. The minimum absolute atomic E-state index is 0.164. The molecule has 0 spiro atoms. The number of hydrogen-bond acceptors (Lipinski definition) is 6. The van der Waals surface area contributed by atoms with Gasteiger partial charge >= 0.3 is 18.1 Å². The van der Waals surface area contributed by atoms with Gasteiger partial charge in [-0.3, -0.25) is 14.4 Å². The summed E-state index contributed by atoms with van der Waals surface area (Å²) in [4.78, 5) is 67.1. The Bertz CT molecular complexity index is 1760. The van der Waals surface area contributed by atoms with Gasteiger partial charge in [-0.1, -0.05) is 36.4 Å². The van der Waals surface area contributed by atoms with Crippen LogP contribution in [0.5, 0.6) is 0 Å². The van der Waals surface area contributed by atoms with E-state index >= 15 is 0 Å². The molecule has 13 heteroatoms. The number of fused-ring (bicyclic) bond motifs is 1. The topological polar surface area (TPSA) is 191 Å². The molecule has 4 aliphatic carbocycles. The van der Waals surface area contributed by atoms with Gasteiger partial charge in [-0.25, -0.2) is 9.59 Å². The number of carbonyl (C=O) groups is 5. The molecule has 2 aromatic carbocycles. The molecule has 7 N–H and O–H groups in total. The number of hydrogen-bond donors (Lipinski definition) is 7. The van der Waals surface area contributed by atoms with Crippen LogP contribution in [0, 0.1) is 36.5 Å². The zero-order valence-corrected chi connectivity index (χ0v) is 30.5. The molecule has 4 aliphatic rings. The number of ether oxygens (including phenoxy) is 1. The van der Waals surface area contributed by atoms with E-state index < -0.39 is 30.1 Å². The molecule has 13 nitrogen and oxygen atoms in total. The fourth-order valence-corrected chi connectivity index (χ4v) is 8.91. The second-order valence-electron chi connectivity index (χ2n) is 15.3. The van der Waals surface area contributed by atoms with Crippen LogP contribution in [0.4, 0.5) is 15.3 Å². The van der Waals surface area contributed by atoms with E-state index in [1.807, 2.05) is 68.6 Å². The van der Waals surface area contributed by atoms with Crippen molar-refractivity contribution < 1.29 is 33.8 Å². The average molecular weight is 729 g/mol. The SMILES string of the molecule is Cc1ccccc1NC(=O)NCCC(CNC(=O)C(C)c1c[nH]c2ccccc12)CC(NC(=O)CCC(=O)O)NC(=O)OC1C2CC3CC(C2)CC1C3. The van der Waals surface area contributed by atoms with Crippen LogP contribution in [0.1, 0.15) is 81.8 Å². The summed E-state index contributed by atoms with van der Waals surface area (Å²) >= 11 is 0. The Labute approximate surface area is 309 Å². The predicted octanol–water partition coefficient (Wildman–Crippen LogP) is 5.77. The minimum atomic E-state index is -1.11. The number of amides is 5. The van der Waals surface area contributed by atoms with E-state index in [2.05, 4.69) is 31.6 Å². The van der Waals surface area contributed by atoms with Crippen molar-refractivity contribution in [3.63, 3.8) is 0 Å². The molecule has 4 bridgehead atoms. The van der Waals surface area contributed by atoms with Crippen LogP contribution in [0.15, 0.2) is 54.7 Å². The molecule has 0 saturated heterocycles. The number of alkyl carbamates (subject to hydrolysis) is 1. The number of anilines is 1. The van der Waals surface area contributed by atoms with Gasteiger partial charge < -0.3 is 41.4 Å². The van der Waals surface area contributed by atoms with Crippen LogP contribution in [-0.4, -0.2) is 65.4 Å². The second kappa shape index (κ2) is 17.2. The van der Waals surface area contributed by atoms with Crippen molar-refractivity contribution in [1.82, 2.24) is 26.3 Å². The Morgan fingerprint density at radius 1 is 0.887 bits per heavy atom. The first kappa shape index (κ1) is 37.7. The Kier molecular flexibility index (Phi) is 12.2. The fourth-order valence-electron chi connectivity index (χ4n) is 8.91. The molecule has 0 radical (unpaired) electrons. The smallest absolute Gasteiger partial charge is 0.409 e. The van der Waals surface area contributed by atoms with Gasteiger partial charge in [0.2, 0.25) is 11.8 Å². The number of carboxylic acid groups (broad SMARTS) is 1. The highest BCUT2D eigenvalue weighted by atomic mass is 16.6. The maximum absolute atomic E-state index is 13.5. The van der Waals surface area contributed by atoms with Crippen LogP contribution in [0.25, 0.3) is 10.9 Å². The summed E-state index contributed by atoms with van der Waals surface area (Å²) in [6, 6.07) is 14.8. The lowest BCUT2D eigenvalue weighted by molar-refractivity contribution is -0.139. The molecule has 4 fully saturated rings. The summed E-state index contributed by atoms with van der Waals surface area (Å²) in [7, 11) is 0. The molecule has 4 saturated carbocycles. The number of rotatable bonds is 16. The van der Waals surface area contributed by atoms with Crippen molar-refractivity contribution in [2.45, 2.75) is 89.8 Å². The predicted molar refractivity (Wildman–Crippen MR) is 200 cm³/mol. The lowest BCUT2D eigenvalue weighted by atomic mass is 9.55. The van der Waals surface area contributed by atoms with Crippen molar-refractivity contribution in [3.8, 4) is 0 Å². The largest absolute Gasteiger partial charge is 0.481 e. The van der Waals surface area contributed by atoms with Crippen LogP contribution in [0.3, 0.4) is 0 Å². The highest BCUT2D eigenvalue weighted by Crippen LogP contribution is 2.54. The fraction of sp³-hybridized carbons (Fsp3) is 0.525. The highest BCUT2D eigenvalue weighted by molar-refractivity contribution is 5.92. The number of benzene rings is 2. The average Bonchev–Trinajstić information content (AvgIpc) is 3.55. The van der Waals surface area contributed by atoms with Crippen molar-refractivity contribution in [2.24, 2.45) is 29.6 Å². The molecule has 5 amide bonds. The number of nitrogens with one attached hydrogen (secondary N) is 6. The summed E-state index contributed by atoms with van der Waals surface area (Å²) in [5, 5.41) is 24.6. The van der Waals surface area contributed by atoms with Crippen molar-refractivity contribution >= 4 is 46.5 Å². The Hall–Kier alpha value is -5.07. The van der Waals surface area contributed by atoms with Gasteiger partial charge in [-0.2, -0.15) is 0 Å². The first-order valence-corrected chi connectivity index (χ1v) is 18.9. The molecule has 3 atom stereocenters. The molecule has 3 unspecified atom stereocenters. The van der Waals surface area contributed by atoms with Gasteiger partial charge in [0.05, 0.1) is 12.3 Å². The number of carboxylic acids is 1. The van der Waals surface area contributed by atoms with Crippen molar-refractivity contribution in [3.05, 3.63) is 65.9 Å². The minimum Gasteiger partial charge on any atom is -0.481 e. The first-order chi connectivity index (χ1) is 25.5. The molecule has 3 aromatic rings. The van der Waals surface area contributed by atoms with E-state index in [4.69, 9.17) is 9.84 Å². The number of para-hydroxylation sites is 2. The van der Waals surface area contributed by atoms with E-state index in [1.54, 1.807) is 0 Å². The van der Waals surface area contributed by atoms with Gasteiger partial charge in [-0.05, 0) is 112 Å². The first-order valence-electron chi connectivity index (χ1n) is 18.9. The highest BCUT2D eigenvalue weighted by Gasteiger charge is 2.50. The van der Waals surface area contributed by atoms with Gasteiger partial charge in [0.1, 0.15) is 12.3 Å². The van der Waals surface area contributed by atoms with E-state index in [0.717, 1.165) is 47.7 Å². The van der Waals surface area contributed by atoms with Crippen LogP contribution >= 0.6 is 0 Å². The zero-order valence-electron chi connectivity index (χ0n) is 30.5. The summed E-state index contributed by atoms with van der Waals surface area (Å²) in [5.74, 6) is -0.498. The normalized spacial score (nSPS) is 23.0. The molecule has 1 aromatic heterocycles. The van der Waals surface area contributed by atoms with E-state index in [1.165, 1.54) is 6.42 Å². The van der Waals surface area contributed by atoms with Gasteiger partial charge in [0.25, 0.3) is 0 Å². The summed E-state index contributed by atoms with van der Waals surface area (Å²) in [6.45, 7) is 4.18. The van der Waals surface area contributed by atoms with Crippen molar-refractivity contribution in [2.75, 3.05) is 18.4 Å². The third kappa shape index (κ3) is 9.88. The van der Waals surface area contributed by atoms with Gasteiger partial charge in [0, 0.05) is 42.3 Å². The summed E-state index contributed by atoms with van der Waals surface area (Å²) in [6.07, 6.45) is 5.68. The monoisotopic (exact) mass is 728 g/mol. The molecular formula is C40H52N6O7. The number of carbonyl (C=O) groups excluding carboxylic acids is 4. The lowest BCUT2D eigenvalue weighted by Gasteiger charge is -2.53. The molecule has 7 rings (SSSR count). The van der Waals surface area contributed by atoms with Crippen LogP contribution < -0.4 is 26.6 Å². The number of aromatic nitrogens is 1. The maximum Gasteiger partial charge on any atom is 0.409 e. The second-order valence-corrected chi connectivity index (χ2v) is 15.3. The Balaban J connectivity index is 1.12.